The highest BCUT2D eigenvalue weighted by Crippen LogP contribution is 2.32. The summed E-state index contributed by atoms with van der Waals surface area (Å²) >= 11 is 6.61. The van der Waals surface area contributed by atoms with Crippen molar-refractivity contribution in [3.8, 4) is 0 Å². The van der Waals surface area contributed by atoms with E-state index in [1.54, 1.807) is 0 Å². The lowest BCUT2D eigenvalue weighted by molar-refractivity contribution is 0.267. The predicted octanol–water partition coefficient (Wildman–Crippen LogP) is 6.01. The summed E-state index contributed by atoms with van der Waals surface area (Å²) < 4.78 is 0. The molecule has 3 heteroatoms. The van der Waals surface area contributed by atoms with Gasteiger partial charge in [0.05, 0.1) is 12.6 Å². The molecule has 0 bridgehead atoms. The lowest BCUT2D eigenvalue weighted by Gasteiger charge is -2.22. The number of halogens is 1. The first-order valence-electron chi connectivity index (χ1n) is 8.81. The van der Waals surface area contributed by atoms with Gasteiger partial charge in [0.15, 0.2) is 0 Å². The summed E-state index contributed by atoms with van der Waals surface area (Å²) in [6.45, 7) is 13.4. The zero-order chi connectivity index (χ0) is 17.2. The molecule has 1 aromatic carbocycles. The highest BCUT2D eigenvalue weighted by molar-refractivity contribution is 6.29. The summed E-state index contributed by atoms with van der Waals surface area (Å²) in [7, 11) is 0. The standard InChI is InChI=1S/C18H25ClN2.C2H6/c1-4-9-14(3)17-16(10-5-2)18(19)21(20-17)13-15-11-7-6-8-12-15;1-2/h6-8,11-12,17,20H,3-5,9-10,13H2,1-2H3;1-2H3. The Balaban J connectivity index is 0.00000127. The molecule has 0 aromatic heterocycles. The highest BCUT2D eigenvalue weighted by atomic mass is 35.5. The van der Waals surface area contributed by atoms with Crippen molar-refractivity contribution in [3.05, 3.63) is 58.8 Å². The van der Waals surface area contributed by atoms with Gasteiger partial charge >= 0.3 is 0 Å². The molecule has 0 saturated heterocycles. The first-order valence-corrected chi connectivity index (χ1v) is 9.19. The predicted molar refractivity (Wildman–Crippen MR) is 102 cm³/mol. The number of hydrogen-bond donors (Lipinski definition) is 1. The smallest absolute Gasteiger partial charge is 0.120 e. The topological polar surface area (TPSA) is 15.3 Å². The molecule has 0 saturated carbocycles. The van der Waals surface area contributed by atoms with Crippen LogP contribution in [0.15, 0.2) is 53.2 Å². The number of hydrazine groups is 1. The fourth-order valence-electron chi connectivity index (χ4n) is 2.78. The van der Waals surface area contributed by atoms with Crippen LogP contribution >= 0.6 is 11.6 Å². The quantitative estimate of drug-likeness (QED) is 0.485. The minimum Gasteiger partial charge on any atom is -0.293 e. The normalized spacial score (nSPS) is 17.1. The average molecular weight is 335 g/mol. The summed E-state index contributed by atoms with van der Waals surface area (Å²) in [5.74, 6) is 0. The molecule has 2 rings (SSSR count). The maximum atomic E-state index is 6.61. The van der Waals surface area contributed by atoms with E-state index in [9.17, 15) is 0 Å². The van der Waals surface area contributed by atoms with E-state index in [2.05, 4.69) is 55.1 Å². The molecule has 0 aliphatic carbocycles. The first-order chi connectivity index (χ1) is 11.2. The Hall–Kier alpha value is -1.25. The summed E-state index contributed by atoms with van der Waals surface area (Å²) in [4.78, 5) is 0. The minimum absolute atomic E-state index is 0.195. The third-order valence-electron chi connectivity index (χ3n) is 3.82. The zero-order valence-electron chi connectivity index (χ0n) is 15.0. The van der Waals surface area contributed by atoms with Crippen LogP contribution in [0.25, 0.3) is 0 Å². The van der Waals surface area contributed by atoms with E-state index in [4.69, 9.17) is 11.6 Å². The van der Waals surface area contributed by atoms with Crippen molar-refractivity contribution in [2.24, 2.45) is 0 Å². The molecule has 1 atom stereocenters. The molecule has 0 spiro atoms. The number of nitrogens with one attached hydrogen (secondary N) is 1. The second kappa shape index (κ2) is 10.5. The number of rotatable bonds is 7. The van der Waals surface area contributed by atoms with Crippen LogP contribution in [0.2, 0.25) is 0 Å². The summed E-state index contributed by atoms with van der Waals surface area (Å²) in [6, 6.07) is 10.6. The molecule has 1 unspecified atom stereocenters. The molecular weight excluding hydrogens is 304 g/mol. The van der Waals surface area contributed by atoms with Crippen molar-refractivity contribution in [1.82, 2.24) is 10.4 Å². The van der Waals surface area contributed by atoms with Gasteiger partial charge < -0.3 is 0 Å². The fraction of sp³-hybridized carbons (Fsp3) is 0.500. The maximum Gasteiger partial charge on any atom is 0.120 e. The minimum atomic E-state index is 0.195. The van der Waals surface area contributed by atoms with Crippen molar-refractivity contribution < 1.29 is 0 Å². The van der Waals surface area contributed by atoms with E-state index in [1.165, 1.54) is 16.7 Å². The Morgan fingerprint density at radius 1 is 1.17 bits per heavy atom. The van der Waals surface area contributed by atoms with Crippen molar-refractivity contribution in [1.29, 1.82) is 0 Å². The van der Waals surface area contributed by atoms with Crippen LogP contribution < -0.4 is 5.43 Å². The van der Waals surface area contributed by atoms with Crippen molar-refractivity contribution in [3.63, 3.8) is 0 Å². The lowest BCUT2D eigenvalue weighted by Crippen LogP contribution is -2.37. The van der Waals surface area contributed by atoms with Gasteiger partial charge in [-0.1, -0.05) is 94.6 Å². The van der Waals surface area contributed by atoms with E-state index >= 15 is 0 Å². The van der Waals surface area contributed by atoms with Crippen LogP contribution in [-0.2, 0) is 6.54 Å². The Labute approximate surface area is 147 Å². The van der Waals surface area contributed by atoms with Crippen molar-refractivity contribution in [2.45, 2.75) is 66.0 Å². The SMILES string of the molecule is C=C(CCC)C1NN(Cc2ccccc2)C(Cl)=C1CCC.CC. The van der Waals surface area contributed by atoms with Gasteiger partial charge in [-0.2, -0.15) is 0 Å². The second-order valence-electron chi connectivity index (χ2n) is 5.61. The molecule has 1 N–H and O–H groups in total. The third kappa shape index (κ3) is 5.40. The van der Waals surface area contributed by atoms with E-state index in [0.29, 0.717) is 0 Å². The zero-order valence-corrected chi connectivity index (χ0v) is 15.8. The molecule has 1 aromatic rings. The van der Waals surface area contributed by atoms with Gasteiger partial charge in [-0.25, -0.2) is 5.43 Å². The highest BCUT2D eigenvalue weighted by Gasteiger charge is 2.30. The first kappa shape index (κ1) is 19.8. The third-order valence-corrected chi connectivity index (χ3v) is 4.26. The van der Waals surface area contributed by atoms with Gasteiger partial charge in [0, 0.05) is 0 Å². The van der Waals surface area contributed by atoms with E-state index < -0.39 is 0 Å². The van der Waals surface area contributed by atoms with Crippen LogP contribution in [0, 0.1) is 0 Å². The van der Waals surface area contributed by atoms with Crippen molar-refractivity contribution in [2.75, 3.05) is 0 Å². The van der Waals surface area contributed by atoms with E-state index in [-0.39, 0.29) is 6.04 Å². The van der Waals surface area contributed by atoms with Crippen LogP contribution in [0.4, 0.5) is 0 Å². The van der Waals surface area contributed by atoms with E-state index in [0.717, 1.165) is 37.4 Å². The van der Waals surface area contributed by atoms with Crippen LogP contribution in [-0.4, -0.2) is 11.1 Å². The van der Waals surface area contributed by atoms with Crippen LogP contribution in [0.3, 0.4) is 0 Å². The van der Waals surface area contributed by atoms with Gasteiger partial charge in [0.1, 0.15) is 5.16 Å². The van der Waals surface area contributed by atoms with Gasteiger partial charge in [-0.3, -0.25) is 5.01 Å². The molecule has 23 heavy (non-hydrogen) atoms. The van der Waals surface area contributed by atoms with Gasteiger partial charge in [-0.15, -0.1) is 0 Å². The van der Waals surface area contributed by atoms with Gasteiger partial charge in [0.2, 0.25) is 0 Å². The Bertz CT molecular complexity index is 508. The second-order valence-corrected chi connectivity index (χ2v) is 5.97. The molecule has 1 aliphatic rings. The van der Waals surface area contributed by atoms with Crippen LogP contribution in [0.1, 0.15) is 58.9 Å². The summed E-state index contributed by atoms with van der Waals surface area (Å²) in [5, 5.41) is 2.91. The van der Waals surface area contributed by atoms with E-state index in [1.807, 2.05) is 19.9 Å². The number of hydrogen-bond acceptors (Lipinski definition) is 2. The fourth-order valence-corrected chi connectivity index (χ4v) is 3.10. The summed E-state index contributed by atoms with van der Waals surface area (Å²) in [6.07, 6.45) is 4.27. The number of nitrogens with zero attached hydrogens (tertiary/aromatic N) is 1. The van der Waals surface area contributed by atoms with Gasteiger partial charge in [-0.05, 0) is 24.0 Å². The lowest BCUT2D eigenvalue weighted by atomic mass is 9.96. The van der Waals surface area contributed by atoms with Crippen molar-refractivity contribution >= 4 is 11.6 Å². The van der Waals surface area contributed by atoms with Crippen LogP contribution in [0.5, 0.6) is 0 Å². The maximum absolute atomic E-state index is 6.61. The summed E-state index contributed by atoms with van der Waals surface area (Å²) in [5.41, 5.74) is 7.30. The number of benzene rings is 1. The molecule has 0 fully saturated rings. The molecular formula is C20H31ClN2. The van der Waals surface area contributed by atoms with Gasteiger partial charge in [0.25, 0.3) is 0 Å². The Morgan fingerprint density at radius 3 is 2.39 bits per heavy atom. The molecule has 1 heterocycles. The molecule has 1 aliphatic heterocycles. The largest absolute Gasteiger partial charge is 0.293 e. The molecule has 2 nitrogen and oxygen atoms in total. The Kier molecular flexibility index (Phi) is 9.05. The molecule has 128 valence electrons. The molecule has 0 radical (unpaired) electrons. The monoisotopic (exact) mass is 334 g/mol. The average Bonchev–Trinajstić information content (AvgIpc) is 2.88. The Morgan fingerprint density at radius 2 is 1.83 bits per heavy atom. The molecule has 0 amide bonds.